The summed E-state index contributed by atoms with van der Waals surface area (Å²) in [7, 11) is 0. The van der Waals surface area contributed by atoms with Gasteiger partial charge in [0.05, 0.1) is 23.0 Å². The van der Waals surface area contributed by atoms with E-state index in [-0.39, 0.29) is 11.7 Å². The van der Waals surface area contributed by atoms with Crippen molar-refractivity contribution in [1.82, 2.24) is 14.9 Å². The first kappa shape index (κ1) is 19.6. The van der Waals surface area contributed by atoms with E-state index in [4.69, 9.17) is 5.26 Å². The second kappa shape index (κ2) is 7.60. The molecular weight excluding hydrogens is 376 g/mol. The lowest BCUT2D eigenvalue weighted by Gasteiger charge is -2.39. The molecule has 2 aromatic carbocycles. The lowest BCUT2D eigenvalue weighted by atomic mass is 9.90. The second-order valence-corrected chi connectivity index (χ2v) is 7.77. The van der Waals surface area contributed by atoms with Gasteiger partial charge in [0.2, 0.25) is 0 Å². The van der Waals surface area contributed by atoms with Crippen molar-refractivity contribution >= 4 is 11.7 Å². The summed E-state index contributed by atoms with van der Waals surface area (Å²) in [6, 6.07) is 15.3. The highest BCUT2D eigenvalue weighted by Crippen LogP contribution is 2.31. The summed E-state index contributed by atoms with van der Waals surface area (Å²) in [4.78, 5) is 33.9. The number of Topliss-reactive ketones (excluding diaryl/α,β-unsaturated/α-hetero) is 1. The van der Waals surface area contributed by atoms with Crippen LogP contribution in [0.2, 0.25) is 0 Å². The number of likely N-dealkylation sites (tertiary alicyclic amines) is 1. The molecule has 0 saturated carbocycles. The van der Waals surface area contributed by atoms with Crippen LogP contribution < -0.4 is 0 Å². The van der Waals surface area contributed by atoms with E-state index in [0.29, 0.717) is 36.0 Å². The topological polar surface area (TPSA) is 89.8 Å². The van der Waals surface area contributed by atoms with E-state index in [1.165, 1.54) is 6.92 Å². The van der Waals surface area contributed by atoms with Gasteiger partial charge in [-0.05, 0) is 49.2 Å². The molecule has 6 heteroatoms. The molecule has 6 nitrogen and oxygen atoms in total. The fraction of sp³-hybridized carbons (Fsp3) is 0.250. The Hall–Kier alpha value is -3.72. The molecule has 4 rings (SSSR count). The van der Waals surface area contributed by atoms with E-state index in [2.05, 4.69) is 16.0 Å². The molecule has 0 unspecified atom stereocenters. The van der Waals surface area contributed by atoms with Crippen molar-refractivity contribution in [2.24, 2.45) is 0 Å². The lowest BCUT2D eigenvalue weighted by molar-refractivity contribution is 0.0602. The molecular formula is C24H22N4O2. The fourth-order valence-corrected chi connectivity index (χ4v) is 3.78. The first-order valence-electron chi connectivity index (χ1n) is 9.85. The maximum absolute atomic E-state index is 13.0. The quantitative estimate of drug-likeness (QED) is 0.673. The maximum atomic E-state index is 13.0. The van der Waals surface area contributed by atoms with E-state index in [1.54, 1.807) is 0 Å². The molecule has 0 aliphatic carbocycles. The Morgan fingerprint density at radius 1 is 1.13 bits per heavy atom. The summed E-state index contributed by atoms with van der Waals surface area (Å²) in [5.74, 6) is 0.486. The Morgan fingerprint density at radius 3 is 2.43 bits per heavy atom. The minimum absolute atomic E-state index is 0.00916. The molecule has 3 aromatic rings. The van der Waals surface area contributed by atoms with Crippen molar-refractivity contribution < 1.29 is 9.59 Å². The highest BCUT2D eigenvalue weighted by atomic mass is 16.2. The monoisotopic (exact) mass is 398 g/mol. The summed E-state index contributed by atoms with van der Waals surface area (Å²) in [5, 5.41) is 8.92. The van der Waals surface area contributed by atoms with Gasteiger partial charge >= 0.3 is 0 Å². The summed E-state index contributed by atoms with van der Waals surface area (Å²) < 4.78 is 0. The van der Waals surface area contributed by atoms with E-state index in [9.17, 15) is 9.59 Å². The van der Waals surface area contributed by atoms with Crippen LogP contribution in [0.1, 0.15) is 56.2 Å². The number of nitrogens with zero attached hydrogens (tertiary/aromatic N) is 3. The SMILES string of the molecule is CC(=O)c1nc(C)c(-c2cc(C(=O)N3CC(c4ccc(C#N)cc4)C3)ccc2C)[nH]1. The standard InChI is InChI=1S/C24H22N4O2/c1-14-4-7-19(10-21(14)22-15(2)26-23(27-22)16(3)29)24(30)28-12-20(13-28)18-8-5-17(11-25)6-9-18/h4-10,20H,12-13H2,1-3H3,(H,26,27). The predicted molar refractivity (Wildman–Crippen MR) is 113 cm³/mol. The summed E-state index contributed by atoms with van der Waals surface area (Å²) in [6.07, 6.45) is 0. The molecule has 1 fully saturated rings. The van der Waals surface area contributed by atoms with Gasteiger partial charge in [-0.2, -0.15) is 5.26 Å². The third-order valence-corrected chi connectivity index (χ3v) is 5.65. The molecule has 150 valence electrons. The zero-order valence-electron chi connectivity index (χ0n) is 17.2. The number of imidazole rings is 1. The Balaban J connectivity index is 1.52. The molecule has 0 atom stereocenters. The zero-order valence-corrected chi connectivity index (χ0v) is 17.2. The van der Waals surface area contributed by atoms with E-state index >= 15 is 0 Å². The highest BCUT2D eigenvalue weighted by Gasteiger charge is 2.32. The molecule has 1 aliphatic rings. The molecule has 2 heterocycles. The van der Waals surface area contributed by atoms with Crippen molar-refractivity contribution in [2.45, 2.75) is 26.7 Å². The number of hydrogen-bond acceptors (Lipinski definition) is 4. The van der Waals surface area contributed by atoms with Crippen molar-refractivity contribution in [3.63, 3.8) is 0 Å². The van der Waals surface area contributed by atoms with Crippen LogP contribution in [0.25, 0.3) is 11.3 Å². The molecule has 1 amide bonds. The first-order valence-corrected chi connectivity index (χ1v) is 9.85. The number of rotatable bonds is 4. The molecule has 1 N–H and O–H groups in total. The number of aryl methyl sites for hydroxylation is 2. The van der Waals surface area contributed by atoms with Crippen molar-refractivity contribution in [2.75, 3.05) is 13.1 Å². The number of aromatic nitrogens is 2. The van der Waals surface area contributed by atoms with Crippen LogP contribution in [0.5, 0.6) is 0 Å². The van der Waals surface area contributed by atoms with Crippen LogP contribution in [0.4, 0.5) is 0 Å². The molecule has 1 aliphatic heterocycles. The average molecular weight is 398 g/mol. The minimum Gasteiger partial charge on any atom is -0.337 e. The number of aromatic amines is 1. The van der Waals surface area contributed by atoms with Crippen molar-refractivity contribution in [1.29, 1.82) is 5.26 Å². The van der Waals surface area contributed by atoms with Crippen LogP contribution in [-0.4, -0.2) is 39.6 Å². The normalized spacial score (nSPS) is 13.6. The molecule has 30 heavy (non-hydrogen) atoms. The van der Waals surface area contributed by atoms with Gasteiger partial charge < -0.3 is 9.88 Å². The highest BCUT2D eigenvalue weighted by molar-refractivity contribution is 5.96. The number of ketones is 1. The van der Waals surface area contributed by atoms with E-state index in [0.717, 1.165) is 28.1 Å². The van der Waals surface area contributed by atoms with Gasteiger partial charge in [-0.25, -0.2) is 4.98 Å². The van der Waals surface area contributed by atoms with Gasteiger partial charge in [0.25, 0.3) is 5.91 Å². The number of nitriles is 1. The van der Waals surface area contributed by atoms with E-state index in [1.807, 2.05) is 61.2 Å². The lowest BCUT2D eigenvalue weighted by Crippen LogP contribution is -2.48. The molecule has 0 radical (unpaired) electrons. The number of H-pyrrole nitrogens is 1. The van der Waals surface area contributed by atoms with Crippen LogP contribution >= 0.6 is 0 Å². The average Bonchev–Trinajstić information content (AvgIpc) is 3.09. The number of benzene rings is 2. The molecule has 0 spiro atoms. The van der Waals surface area contributed by atoms with Gasteiger partial charge in [0.1, 0.15) is 0 Å². The largest absolute Gasteiger partial charge is 0.337 e. The van der Waals surface area contributed by atoms with Gasteiger partial charge in [0.15, 0.2) is 11.6 Å². The number of carbonyl (C=O) groups excluding carboxylic acids is 2. The van der Waals surface area contributed by atoms with Crippen LogP contribution in [0.3, 0.4) is 0 Å². The Morgan fingerprint density at radius 2 is 1.83 bits per heavy atom. The smallest absolute Gasteiger partial charge is 0.253 e. The molecule has 0 bridgehead atoms. The summed E-state index contributed by atoms with van der Waals surface area (Å²) in [5.41, 5.74) is 5.79. The van der Waals surface area contributed by atoms with Crippen molar-refractivity contribution in [3.8, 4) is 17.3 Å². The number of amides is 1. The number of nitrogens with one attached hydrogen (secondary N) is 1. The van der Waals surface area contributed by atoms with Gasteiger partial charge in [-0.1, -0.05) is 18.2 Å². The fourth-order valence-electron chi connectivity index (χ4n) is 3.78. The van der Waals surface area contributed by atoms with Crippen LogP contribution in [0, 0.1) is 25.2 Å². The summed E-state index contributed by atoms with van der Waals surface area (Å²) >= 11 is 0. The van der Waals surface area contributed by atoms with Crippen LogP contribution in [0.15, 0.2) is 42.5 Å². The minimum atomic E-state index is -0.122. The number of hydrogen-bond donors (Lipinski definition) is 1. The van der Waals surface area contributed by atoms with Crippen molar-refractivity contribution in [3.05, 3.63) is 76.2 Å². The van der Waals surface area contributed by atoms with E-state index < -0.39 is 0 Å². The van der Waals surface area contributed by atoms with Gasteiger partial charge in [0, 0.05) is 37.1 Å². The third-order valence-electron chi connectivity index (χ3n) is 5.65. The third kappa shape index (κ3) is 3.50. The van der Waals surface area contributed by atoms with Crippen LogP contribution in [-0.2, 0) is 0 Å². The summed E-state index contributed by atoms with van der Waals surface area (Å²) in [6.45, 7) is 6.62. The van der Waals surface area contributed by atoms with Gasteiger partial charge in [-0.15, -0.1) is 0 Å². The molecule has 1 saturated heterocycles. The Bertz CT molecular complexity index is 1180. The predicted octanol–water partition coefficient (Wildman–Crippen LogP) is 4.01. The first-order chi connectivity index (χ1) is 14.4. The Kier molecular flexibility index (Phi) is 4.96. The molecule has 1 aromatic heterocycles. The zero-order chi connectivity index (χ0) is 21.4. The Labute approximate surface area is 175 Å². The maximum Gasteiger partial charge on any atom is 0.253 e. The number of carbonyl (C=O) groups is 2. The van der Waals surface area contributed by atoms with Gasteiger partial charge in [-0.3, -0.25) is 9.59 Å². The second-order valence-electron chi connectivity index (χ2n) is 7.77.